The molecule has 0 radical (unpaired) electrons. The second-order valence-corrected chi connectivity index (χ2v) is 7.32. The Morgan fingerprint density at radius 2 is 2.08 bits per heavy atom. The highest BCUT2D eigenvalue weighted by Crippen LogP contribution is 2.24. The number of hydrogen-bond acceptors (Lipinski definition) is 4. The molecule has 0 aliphatic rings. The number of hydrogen-bond donors (Lipinski definition) is 2. The summed E-state index contributed by atoms with van der Waals surface area (Å²) in [6, 6.07) is 7.52. The van der Waals surface area contributed by atoms with Crippen molar-refractivity contribution in [2.75, 3.05) is 13.6 Å². The third-order valence-corrected chi connectivity index (χ3v) is 5.11. The highest BCUT2D eigenvalue weighted by Gasteiger charge is 2.12. The molecule has 25 heavy (non-hydrogen) atoms. The highest BCUT2D eigenvalue weighted by molar-refractivity contribution is 7.11. The van der Waals surface area contributed by atoms with Gasteiger partial charge in [0.1, 0.15) is 11.9 Å². The Balaban J connectivity index is 1.86. The first-order valence-electron chi connectivity index (χ1n) is 8.32. The van der Waals surface area contributed by atoms with Gasteiger partial charge in [-0.15, -0.1) is 11.3 Å². The second-order valence-electron chi connectivity index (χ2n) is 5.63. The van der Waals surface area contributed by atoms with E-state index in [4.69, 9.17) is 16.3 Å². The van der Waals surface area contributed by atoms with Crippen molar-refractivity contribution >= 4 is 28.9 Å². The molecule has 2 rings (SSSR count). The van der Waals surface area contributed by atoms with E-state index in [0.29, 0.717) is 23.9 Å². The molecular formula is C18H25ClN4OS. The van der Waals surface area contributed by atoms with E-state index in [2.05, 4.69) is 27.5 Å². The lowest BCUT2D eigenvalue weighted by Crippen LogP contribution is -2.42. The van der Waals surface area contributed by atoms with Gasteiger partial charge >= 0.3 is 0 Å². The molecule has 136 valence electrons. The SMILES string of the molecule is CCC(CNC(=NC)NCc1sc(C)nc1C)Oc1ccccc1Cl. The fraction of sp³-hybridized carbons (Fsp3) is 0.444. The number of aromatic nitrogens is 1. The minimum absolute atomic E-state index is 0.00540. The lowest BCUT2D eigenvalue weighted by Gasteiger charge is -2.20. The summed E-state index contributed by atoms with van der Waals surface area (Å²) in [7, 11) is 1.76. The number of halogens is 1. The molecule has 0 amide bonds. The van der Waals surface area contributed by atoms with Gasteiger partial charge in [-0.2, -0.15) is 0 Å². The van der Waals surface area contributed by atoms with Crippen molar-refractivity contribution in [3.05, 3.63) is 44.9 Å². The van der Waals surface area contributed by atoms with Crippen molar-refractivity contribution in [1.29, 1.82) is 0 Å². The Hall–Kier alpha value is -1.79. The van der Waals surface area contributed by atoms with Crippen LogP contribution in [0.25, 0.3) is 0 Å². The topological polar surface area (TPSA) is 58.5 Å². The van der Waals surface area contributed by atoms with Gasteiger partial charge in [-0.1, -0.05) is 30.7 Å². The van der Waals surface area contributed by atoms with Crippen molar-refractivity contribution in [3.8, 4) is 5.75 Å². The molecule has 0 saturated carbocycles. The number of guanidine groups is 1. The Morgan fingerprint density at radius 1 is 1.32 bits per heavy atom. The Labute approximate surface area is 158 Å². The van der Waals surface area contributed by atoms with Crippen LogP contribution in [-0.4, -0.2) is 30.6 Å². The number of ether oxygens (including phenoxy) is 1. The molecule has 1 aromatic heterocycles. The summed E-state index contributed by atoms with van der Waals surface area (Å²) in [6.07, 6.45) is 0.869. The third kappa shape index (κ3) is 5.90. The summed E-state index contributed by atoms with van der Waals surface area (Å²) >= 11 is 7.87. The number of rotatable bonds is 7. The minimum atomic E-state index is 0.00540. The second kappa shape index (κ2) is 9.63. The number of benzene rings is 1. The van der Waals surface area contributed by atoms with Crippen molar-refractivity contribution in [1.82, 2.24) is 15.6 Å². The van der Waals surface area contributed by atoms with E-state index in [1.54, 1.807) is 18.4 Å². The fourth-order valence-electron chi connectivity index (χ4n) is 2.32. The van der Waals surface area contributed by atoms with E-state index in [1.807, 2.05) is 38.1 Å². The summed E-state index contributed by atoms with van der Waals surface area (Å²) < 4.78 is 5.99. The molecule has 5 nitrogen and oxygen atoms in total. The van der Waals surface area contributed by atoms with Gasteiger partial charge in [-0.3, -0.25) is 4.99 Å². The zero-order valence-electron chi connectivity index (χ0n) is 15.1. The summed E-state index contributed by atoms with van der Waals surface area (Å²) in [5.41, 5.74) is 1.07. The summed E-state index contributed by atoms with van der Waals surface area (Å²) in [4.78, 5) is 9.93. The van der Waals surface area contributed by atoms with Crippen molar-refractivity contribution in [2.24, 2.45) is 4.99 Å². The van der Waals surface area contributed by atoms with E-state index in [-0.39, 0.29) is 6.10 Å². The Morgan fingerprint density at radius 3 is 2.68 bits per heavy atom. The molecule has 0 saturated heterocycles. The molecule has 0 fully saturated rings. The highest BCUT2D eigenvalue weighted by atomic mass is 35.5. The van der Waals surface area contributed by atoms with E-state index in [0.717, 1.165) is 23.1 Å². The van der Waals surface area contributed by atoms with E-state index in [1.165, 1.54) is 4.88 Å². The first-order chi connectivity index (χ1) is 12.0. The van der Waals surface area contributed by atoms with Crippen LogP contribution in [0, 0.1) is 13.8 Å². The van der Waals surface area contributed by atoms with Crippen LogP contribution in [0.2, 0.25) is 5.02 Å². The number of aliphatic imine (C=N–C) groups is 1. The molecule has 0 aliphatic carbocycles. The largest absolute Gasteiger partial charge is 0.487 e. The molecule has 1 aromatic carbocycles. The van der Waals surface area contributed by atoms with Gasteiger partial charge in [0.25, 0.3) is 0 Å². The molecule has 2 aromatic rings. The van der Waals surface area contributed by atoms with Gasteiger partial charge in [-0.05, 0) is 32.4 Å². The maximum atomic E-state index is 6.16. The van der Waals surface area contributed by atoms with Gasteiger partial charge in [0, 0.05) is 11.9 Å². The van der Waals surface area contributed by atoms with Crippen molar-refractivity contribution in [3.63, 3.8) is 0 Å². The van der Waals surface area contributed by atoms with E-state index < -0.39 is 0 Å². The minimum Gasteiger partial charge on any atom is -0.487 e. The maximum absolute atomic E-state index is 6.16. The molecule has 2 N–H and O–H groups in total. The average Bonchev–Trinajstić information content (AvgIpc) is 2.93. The van der Waals surface area contributed by atoms with Gasteiger partial charge in [0.2, 0.25) is 0 Å². The molecule has 0 bridgehead atoms. The lowest BCUT2D eigenvalue weighted by molar-refractivity contribution is 0.199. The zero-order chi connectivity index (χ0) is 18.2. The van der Waals surface area contributed by atoms with Gasteiger partial charge < -0.3 is 15.4 Å². The predicted octanol–water partition coefficient (Wildman–Crippen LogP) is 3.94. The average molecular weight is 381 g/mol. The molecule has 0 spiro atoms. The molecule has 1 heterocycles. The van der Waals surface area contributed by atoms with Crippen LogP contribution in [0.3, 0.4) is 0 Å². The van der Waals surface area contributed by atoms with Crippen LogP contribution in [0.1, 0.15) is 28.9 Å². The Kier molecular flexibility index (Phi) is 7.52. The monoisotopic (exact) mass is 380 g/mol. The van der Waals surface area contributed by atoms with E-state index >= 15 is 0 Å². The van der Waals surface area contributed by atoms with Gasteiger partial charge in [-0.25, -0.2) is 4.98 Å². The summed E-state index contributed by atoms with van der Waals surface area (Å²) in [5.74, 6) is 1.45. The normalized spacial score (nSPS) is 12.8. The first kappa shape index (κ1) is 19.5. The van der Waals surface area contributed by atoms with Gasteiger partial charge in [0.05, 0.1) is 28.8 Å². The Bertz CT molecular complexity index is 717. The number of para-hydroxylation sites is 1. The number of nitrogens with zero attached hydrogens (tertiary/aromatic N) is 2. The summed E-state index contributed by atoms with van der Waals surface area (Å²) in [6.45, 7) is 7.48. The number of nitrogens with one attached hydrogen (secondary N) is 2. The van der Waals surface area contributed by atoms with E-state index in [9.17, 15) is 0 Å². The molecular weight excluding hydrogens is 356 g/mol. The van der Waals surface area contributed by atoms with Gasteiger partial charge in [0.15, 0.2) is 5.96 Å². The molecule has 1 atom stereocenters. The third-order valence-electron chi connectivity index (χ3n) is 3.72. The molecule has 1 unspecified atom stereocenters. The number of thiazole rings is 1. The van der Waals surface area contributed by atoms with Crippen molar-refractivity contribution in [2.45, 2.75) is 39.8 Å². The number of aryl methyl sites for hydroxylation is 2. The van der Waals surface area contributed by atoms with Crippen LogP contribution >= 0.6 is 22.9 Å². The first-order valence-corrected chi connectivity index (χ1v) is 9.51. The van der Waals surface area contributed by atoms with Crippen LogP contribution in [0.5, 0.6) is 5.75 Å². The van der Waals surface area contributed by atoms with Crippen LogP contribution in [-0.2, 0) is 6.54 Å². The molecule has 0 aliphatic heterocycles. The van der Waals surface area contributed by atoms with Crippen LogP contribution in [0.4, 0.5) is 0 Å². The lowest BCUT2D eigenvalue weighted by atomic mass is 10.2. The quantitative estimate of drug-likeness (QED) is 0.564. The van der Waals surface area contributed by atoms with Crippen LogP contribution in [0.15, 0.2) is 29.3 Å². The van der Waals surface area contributed by atoms with Crippen molar-refractivity contribution < 1.29 is 4.74 Å². The smallest absolute Gasteiger partial charge is 0.191 e. The standard InChI is InChI=1S/C18H25ClN4OS/c1-5-14(24-16-9-7-6-8-15(16)19)10-21-18(20-4)22-11-17-12(2)23-13(3)25-17/h6-9,14H,5,10-11H2,1-4H3,(H2,20,21,22). The predicted molar refractivity (Wildman–Crippen MR) is 106 cm³/mol. The summed E-state index contributed by atoms with van der Waals surface area (Å²) in [5, 5.41) is 8.34. The molecule has 7 heteroatoms. The maximum Gasteiger partial charge on any atom is 0.191 e. The van der Waals surface area contributed by atoms with Crippen LogP contribution < -0.4 is 15.4 Å². The fourth-order valence-corrected chi connectivity index (χ4v) is 3.38. The zero-order valence-corrected chi connectivity index (χ0v) is 16.7.